The summed E-state index contributed by atoms with van der Waals surface area (Å²) < 4.78 is 0.778. The standard InChI is InChI=1S/C11H16N2O/c1-9(14)12-10-5-7-11(8-6-10)13(2,3)4/h5-8H,1-4H3/p+1. The highest BCUT2D eigenvalue weighted by Crippen LogP contribution is 2.19. The molecule has 76 valence electrons. The molecule has 0 aromatic heterocycles. The molecule has 0 bridgehead atoms. The van der Waals surface area contributed by atoms with E-state index in [1.54, 1.807) is 0 Å². The van der Waals surface area contributed by atoms with Crippen LogP contribution < -0.4 is 9.80 Å². The van der Waals surface area contributed by atoms with Crippen LogP contribution in [0.15, 0.2) is 24.3 Å². The van der Waals surface area contributed by atoms with E-state index in [1.807, 2.05) is 24.3 Å². The van der Waals surface area contributed by atoms with E-state index in [0.29, 0.717) is 0 Å². The fraction of sp³-hybridized carbons (Fsp3) is 0.364. The summed E-state index contributed by atoms with van der Waals surface area (Å²) in [6, 6.07) is 7.87. The number of benzene rings is 1. The topological polar surface area (TPSA) is 29.1 Å². The number of anilines is 1. The summed E-state index contributed by atoms with van der Waals surface area (Å²) in [5.41, 5.74) is 2.05. The Morgan fingerprint density at radius 1 is 1.14 bits per heavy atom. The molecule has 0 saturated heterocycles. The van der Waals surface area contributed by atoms with Crippen molar-refractivity contribution in [1.29, 1.82) is 0 Å². The number of nitrogens with one attached hydrogen (secondary N) is 1. The maximum atomic E-state index is 10.8. The minimum absolute atomic E-state index is 0.0389. The number of quaternary nitrogens is 1. The first-order valence-electron chi connectivity index (χ1n) is 4.59. The second kappa shape index (κ2) is 3.80. The number of hydrogen-bond acceptors (Lipinski definition) is 1. The molecular formula is C11H17N2O+. The van der Waals surface area contributed by atoms with Crippen molar-refractivity contribution in [2.45, 2.75) is 6.92 Å². The first kappa shape index (κ1) is 10.7. The zero-order valence-electron chi connectivity index (χ0n) is 9.16. The molecule has 1 amide bonds. The molecule has 3 heteroatoms. The Balaban J connectivity index is 2.84. The van der Waals surface area contributed by atoms with Crippen LogP contribution in [0.5, 0.6) is 0 Å². The molecule has 0 atom stereocenters. The maximum Gasteiger partial charge on any atom is 0.221 e. The molecule has 1 rings (SSSR count). The van der Waals surface area contributed by atoms with Crippen LogP contribution >= 0.6 is 0 Å². The zero-order valence-corrected chi connectivity index (χ0v) is 9.16. The van der Waals surface area contributed by atoms with E-state index in [4.69, 9.17) is 0 Å². The van der Waals surface area contributed by atoms with Gasteiger partial charge in [0, 0.05) is 24.7 Å². The van der Waals surface area contributed by atoms with Crippen molar-refractivity contribution in [2.75, 3.05) is 26.5 Å². The van der Waals surface area contributed by atoms with Gasteiger partial charge in [0.25, 0.3) is 0 Å². The molecule has 0 radical (unpaired) electrons. The highest BCUT2D eigenvalue weighted by Gasteiger charge is 2.10. The highest BCUT2D eigenvalue weighted by atomic mass is 16.1. The average molecular weight is 193 g/mol. The third kappa shape index (κ3) is 2.85. The van der Waals surface area contributed by atoms with Crippen LogP contribution in [0.2, 0.25) is 0 Å². The normalized spacial score (nSPS) is 11.1. The summed E-state index contributed by atoms with van der Waals surface area (Å²) in [5.74, 6) is -0.0389. The van der Waals surface area contributed by atoms with E-state index >= 15 is 0 Å². The van der Waals surface area contributed by atoms with Crippen LogP contribution in [0.1, 0.15) is 6.92 Å². The summed E-state index contributed by atoms with van der Waals surface area (Å²) in [6.07, 6.45) is 0. The first-order chi connectivity index (χ1) is 6.39. The summed E-state index contributed by atoms with van der Waals surface area (Å²) in [6.45, 7) is 1.51. The van der Waals surface area contributed by atoms with E-state index in [2.05, 4.69) is 26.5 Å². The zero-order chi connectivity index (χ0) is 10.8. The molecule has 1 aromatic rings. The lowest BCUT2D eigenvalue weighted by Crippen LogP contribution is -2.34. The predicted octanol–water partition coefficient (Wildman–Crippen LogP) is 1.84. The van der Waals surface area contributed by atoms with Gasteiger partial charge in [-0.2, -0.15) is 0 Å². The van der Waals surface area contributed by atoms with Gasteiger partial charge in [0.1, 0.15) is 5.69 Å². The molecule has 1 N–H and O–H groups in total. The fourth-order valence-corrected chi connectivity index (χ4v) is 1.20. The minimum atomic E-state index is -0.0389. The van der Waals surface area contributed by atoms with Gasteiger partial charge in [-0.1, -0.05) is 0 Å². The van der Waals surface area contributed by atoms with Crippen molar-refractivity contribution in [3.05, 3.63) is 24.3 Å². The van der Waals surface area contributed by atoms with Crippen LogP contribution in [0.3, 0.4) is 0 Å². The molecule has 0 fully saturated rings. The monoisotopic (exact) mass is 193 g/mol. The van der Waals surface area contributed by atoms with Gasteiger partial charge in [0.15, 0.2) is 0 Å². The lowest BCUT2D eigenvalue weighted by molar-refractivity contribution is -0.114. The van der Waals surface area contributed by atoms with E-state index in [9.17, 15) is 4.79 Å². The number of carbonyl (C=O) groups excluding carboxylic acids is 1. The SMILES string of the molecule is CC(=O)Nc1ccc([N+](C)(C)C)cc1. The molecule has 1 aromatic carbocycles. The molecule has 0 aliphatic carbocycles. The van der Waals surface area contributed by atoms with Gasteiger partial charge in [-0.05, 0) is 12.1 Å². The Labute approximate surface area is 84.9 Å². The van der Waals surface area contributed by atoms with E-state index < -0.39 is 0 Å². The predicted molar refractivity (Wildman–Crippen MR) is 60.3 cm³/mol. The maximum absolute atomic E-state index is 10.8. The number of rotatable bonds is 2. The quantitative estimate of drug-likeness (QED) is 0.713. The van der Waals surface area contributed by atoms with Gasteiger partial charge in [0.05, 0.1) is 21.1 Å². The second-order valence-electron chi connectivity index (χ2n) is 4.24. The van der Waals surface area contributed by atoms with Gasteiger partial charge in [-0.3, -0.25) is 9.28 Å². The van der Waals surface area contributed by atoms with Gasteiger partial charge in [-0.25, -0.2) is 0 Å². The van der Waals surface area contributed by atoms with Crippen LogP contribution in [0.25, 0.3) is 0 Å². The van der Waals surface area contributed by atoms with E-state index in [0.717, 1.165) is 10.2 Å². The number of carbonyl (C=O) groups is 1. The summed E-state index contributed by atoms with van der Waals surface area (Å²) >= 11 is 0. The Bertz CT molecular complexity index is 322. The highest BCUT2D eigenvalue weighted by molar-refractivity contribution is 5.88. The Morgan fingerprint density at radius 2 is 1.64 bits per heavy atom. The molecule has 0 heterocycles. The van der Waals surface area contributed by atoms with Crippen molar-refractivity contribution >= 4 is 17.3 Å². The molecule has 0 saturated carbocycles. The van der Waals surface area contributed by atoms with Crippen LogP contribution in [-0.2, 0) is 4.79 Å². The smallest absolute Gasteiger partial charge is 0.221 e. The van der Waals surface area contributed by atoms with E-state index in [1.165, 1.54) is 12.6 Å². The Kier molecular flexibility index (Phi) is 2.91. The molecule has 0 aliphatic heterocycles. The Morgan fingerprint density at radius 3 is 2.00 bits per heavy atom. The van der Waals surface area contributed by atoms with E-state index in [-0.39, 0.29) is 5.91 Å². The third-order valence-electron chi connectivity index (χ3n) is 1.96. The second-order valence-corrected chi connectivity index (χ2v) is 4.24. The molecular weight excluding hydrogens is 176 g/mol. The number of nitrogens with zero attached hydrogens (tertiary/aromatic N) is 1. The van der Waals surface area contributed by atoms with Gasteiger partial charge in [-0.15, -0.1) is 0 Å². The first-order valence-corrected chi connectivity index (χ1v) is 4.59. The van der Waals surface area contributed by atoms with Crippen molar-refractivity contribution in [2.24, 2.45) is 0 Å². The number of amides is 1. The van der Waals surface area contributed by atoms with Crippen LogP contribution in [0, 0.1) is 0 Å². The van der Waals surface area contributed by atoms with Gasteiger partial charge in [0.2, 0.25) is 5.91 Å². The van der Waals surface area contributed by atoms with Crippen molar-refractivity contribution in [3.8, 4) is 0 Å². The molecule has 0 unspecified atom stereocenters. The fourth-order valence-electron chi connectivity index (χ4n) is 1.20. The minimum Gasteiger partial charge on any atom is -0.326 e. The Hall–Kier alpha value is -1.35. The third-order valence-corrected chi connectivity index (χ3v) is 1.96. The molecule has 0 spiro atoms. The van der Waals surface area contributed by atoms with Gasteiger partial charge < -0.3 is 5.32 Å². The lowest BCUT2D eigenvalue weighted by atomic mass is 10.2. The van der Waals surface area contributed by atoms with Gasteiger partial charge >= 0.3 is 0 Å². The van der Waals surface area contributed by atoms with Crippen LogP contribution in [-0.4, -0.2) is 27.1 Å². The van der Waals surface area contributed by atoms with Crippen molar-refractivity contribution in [1.82, 2.24) is 4.48 Å². The van der Waals surface area contributed by atoms with Crippen molar-refractivity contribution < 1.29 is 4.79 Å². The lowest BCUT2D eigenvalue weighted by Gasteiger charge is -2.23. The summed E-state index contributed by atoms with van der Waals surface area (Å²) in [7, 11) is 6.31. The average Bonchev–Trinajstić information content (AvgIpc) is 2.02. The largest absolute Gasteiger partial charge is 0.326 e. The summed E-state index contributed by atoms with van der Waals surface area (Å²) in [5, 5.41) is 2.74. The van der Waals surface area contributed by atoms with Crippen LogP contribution in [0.4, 0.5) is 11.4 Å². The summed E-state index contributed by atoms with van der Waals surface area (Å²) in [4.78, 5) is 10.8. The molecule has 3 nitrogen and oxygen atoms in total. The van der Waals surface area contributed by atoms with Crippen molar-refractivity contribution in [3.63, 3.8) is 0 Å². The molecule has 0 aliphatic rings. The molecule has 14 heavy (non-hydrogen) atoms. The number of hydrogen-bond donors (Lipinski definition) is 1.